The predicted molar refractivity (Wildman–Crippen MR) is 105 cm³/mol. The fourth-order valence-electron chi connectivity index (χ4n) is 2.94. The average Bonchev–Trinajstić information content (AvgIpc) is 2.63. The van der Waals surface area contributed by atoms with Gasteiger partial charge in [-0.1, -0.05) is 36.2 Å². The summed E-state index contributed by atoms with van der Waals surface area (Å²) in [6.45, 7) is 3.18. The zero-order valence-corrected chi connectivity index (χ0v) is 15.8. The Bertz CT molecular complexity index is 855. The molecule has 5 nitrogen and oxygen atoms in total. The zero-order chi connectivity index (χ0) is 18.7. The van der Waals surface area contributed by atoms with Gasteiger partial charge < -0.3 is 15.5 Å². The quantitative estimate of drug-likeness (QED) is 0.778. The van der Waals surface area contributed by atoms with E-state index < -0.39 is 0 Å². The summed E-state index contributed by atoms with van der Waals surface area (Å²) in [6, 6.07) is 10.3. The monoisotopic (exact) mass is 391 g/mol. The van der Waals surface area contributed by atoms with Crippen molar-refractivity contribution in [1.29, 1.82) is 0 Å². The van der Waals surface area contributed by atoms with Gasteiger partial charge in [-0.15, -0.1) is 0 Å². The largest absolute Gasteiger partial charge is 0.338 e. The van der Waals surface area contributed by atoms with Gasteiger partial charge in [0.2, 0.25) is 5.91 Å². The van der Waals surface area contributed by atoms with E-state index in [1.165, 1.54) is 5.56 Å². The second kappa shape index (κ2) is 7.98. The third-order valence-corrected chi connectivity index (χ3v) is 5.05. The van der Waals surface area contributed by atoms with Crippen LogP contribution in [0.1, 0.15) is 24.5 Å². The molecular weight excluding hydrogens is 373 g/mol. The maximum atomic E-state index is 12.2. The number of rotatable bonds is 3. The van der Waals surface area contributed by atoms with Gasteiger partial charge in [-0.3, -0.25) is 4.79 Å². The number of anilines is 2. The van der Waals surface area contributed by atoms with Crippen molar-refractivity contribution < 1.29 is 9.59 Å². The first-order valence-corrected chi connectivity index (χ1v) is 9.14. The number of urea groups is 1. The van der Waals surface area contributed by atoms with E-state index in [-0.39, 0.29) is 11.9 Å². The second-order valence-corrected chi connectivity index (χ2v) is 6.92. The zero-order valence-electron chi connectivity index (χ0n) is 14.3. The predicted octanol–water partition coefficient (Wildman–Crippen LogP) is 4.93. The van der Waals surface area contributed by atoms with Gasteiger partial charge in [-0.25, -0.2) is 4.79 Å². The average molecular weight is 392 g/mol. The molecule has 3 amide bonds. The summed E-state index contributed by atoms with van der Waals surface area (Å²) >= 11 is 11.8. The number of carbonyl (C=O) groups excluding carboxylic acids is 2. The van der Waals surface area contributed by atoms with Crippen LogP contribution < -0.4 is 10.6 Å². The van der Waals surface area contributed by atoms with Crippen LogP contribution in [0, 0.1) is 0 Å². The summed E-state index contributed by atoms with van der Waals surface area (Å²) in [5.74, 6) is 0.145. The van der Waals surface area contributed by atoms with Crippen molar-refractivity contribution in [3.63, 3.8) is 0 Å². The molecule has 1 aliphatic rings. The number of benzene rings is 2. The minimum Gasteiger partial charge on any atom is -0.338 e. The Morgan fingerprint density at radius 3 is 2.38 bits per heavy atom. The minimum absolute atomic E-state index is 0.145. The fourth-order valence-corrected chi connectivity index (χ4v) is 3.24. The highest BCUT2D eigenvalue weighted by molar-refractivity contribution is 6.42. The SMILES string of the molecule is CCC(=O)N1CCc2ccc(NC(=O)Nc3ccc(Cl)c(Cl)c3)cc2C1. The van der Waals surface area contributed by atoms with E-state index in [1.54, 1.807) is 18.2 Å². The molecule has 1 aliphatic heterocycles. The molecule has 0 saturated heterocycles. The molecule has 0 spiro atoms. The Kier molecular flexibility index (Phi) is 5.69. The van der Waals surface area contributed by atoms with E-state index in [2.05, 4.69) is 10.6 Å². The van der Waals surface area contributed by atoms with Crippen LogP contribution in [0.15, 0.2) is 36.4 Å². The molecule has 0 atom stereocenters. The van der Waals surface area contributed by atoms with Gasteiger partial charge in [-0.05, 0) is 47.9 Å². The number of hydrogen-bond donors (Lipinski definition) is 2. The summed E-state index contributed by atoms with van der Waals surface area (Å²) in [5.41, 5.74) is 3.49. The van der Waals surface area contributed by atoms with E-state index in [9.17, 15) is 9.59 Å². The van der Waals surface area contributed by atoms with Crippen molar-refractivity contribution >= 4 is 46.5 Å². The lowest BCUT2D eigenvalue weighted by molar-refractivity contribution is -0.131. The molecule has 2 N–H and O–H groups in total. The molecule has 0 bridgehead atoms. The number of carbonyl (C=O) groups is 2. The number of amides is 3. The van der Waals surface area contributed by atoms with Crippen molar-refractivity contribution in [2.75, 3.05) is 17.2 Å². The maximum Gasteiger partial charge on any atom is 0.323 e. The normalized spacial score (nSPS) is 13.1. The van der Waals surface area contributed by atoms with Crippen molar-refractivity contribution in [3.05, 3.63) is 57.6 Å². The lowest BCUT2D eigenvalue weighted by Gasteiger charge is -2.29. The highest BCUT2D eigenvalue weighted by Gasteiger charge is 2.20. The molecular formula is C19H19Cl2N3O2. The molecule has 136 valence electrons. The Balaban J connectivity index is 1.67. The van der Waals surface area contributed by atoms with Crippen LogP contribution in [-0.4, -0.2) is 23.4 Å². The third kappa shape index (κ3) is 4.29. The molecule has 0 aromatic heterocycles. The van der Waals surface area contributed by atoms with Crippen molar-refractivity contribution in [2.24, 2.45) is 0 Å². The maximum absolute atomic E-state index is 12.2. The van der Waals surface area contributed by atoms with Gasteiger partial charge in [0, 0.05) is 30.9 Å². The molecule has 1 heterocycles. The van der Waals surface area contributed by atoms with Crippen LogP contribution >= 0.6 is 23.2 Å². The summed E-state index contributed by atoms with van der Waals surface area (Å²) < 4.78 is 0. The first-order chi connectivity index (χ1) is 12.5. The molecule has 3 rings (SSSR count). The molecule has 2 aromatic carbocycles. The van der Waals surface area contributed by atoms with Crippen LogP contribution in [0.3, 0.4) is 0 Å². The first kappa shape index (κ1) is 18.5. The van der Waals surface area contributed by atoms with E-state index in [0.717, 1.165) is 18.5 Å². The molecule has 0 fully saturated rings. The van der Waals surface area contributed by atoms with E-state index in [4.69, 9.17) is 23.2 Å². The number of hydrogen-bond acceptors (Lipinski definition) is 2. The number of halogens is 2. The third-order valence-electron chi connectivity index (χ3n) is 4.31. The Hall–Kier alpha value is -2.24. The smallest absolute Gasteiger partial charge is 0.323 e. The topological polar surface area (TPSA) is 61.4 Å². The molecule has 2 aromatic rings. The fraction of sp³-hybridized carbons (Fsp3) is 0.263. The van der Waals surface area contributed by atoms with Crippen LogP contribution in [0.25, 0.3) is 0 Å². The van der Waals surface area contributed by atoms with E-state index in [1.807, 2.05) is 30.0 Å². The first-order valence-electron chi connectivity index (χ1n) is 8.39. The summed E-state index contributed by atoms with van der Waals surface area (Å²) in [5, 5.41) is 6.32. The van der Waals surface area contributed by atoms with Gasteiger partial charge in [-0.2, -0.15) is 0 Å². The Morgan fingerprint density at radius 1 is 1.00 bits per heavy atom. The van der Waals surface area contributed by atoms with Gasteiger partial charge in [0.05, 0.1) is 10.0 Å². The van der Waals surface area contributed by atoms with Crippen molar-refractivity contribution in [1.82, 2.24) is 4.90 Å². The van der Waals surface area contributed by atoms with Crippen LogP contribution in [0.4, 0.5) is 16.2 Å². The number of nitrogens with zero attached hydrogens (tertiary/aromatic N) is 1. The highest BCUT2D eigenvalue weighted by Crippen LogP contribution is 2.26. The summed E-state index contributed by atoms with van der Waals surface area (Å²) in [7, 11) is 0. The summed E-state index contributed by atoms with van der Waals surface area (Å²) in [4.78, 5) is 26.0. The molecule has 26 heavy (non-hydrogen) atoms. The van der Waals surface area contributed by atoms with Gasteiger partial charge >= 0.3 is 6.03 Å². The lowest BCUT2D eigenvalue weighted by Crippen LogP contribution is -2.35. The van der Waals surface area contributed by atoms with Gasteiger partial charge in [0.15, 0.2) is 0 Å². The van der Waals surface area contributed by atoms with Crippen molar-refractivity contribution in [3.8, 4) is 0 Å². The Labute approximate surface area is 162 Å². The van der Waals surface area contributed by atoms with Crippen molar-refractivity contribution in [2.45, 2.75) is 26.3 Å². The summed E-state index contributed by atoms with van der Waals surface area (Å²) in [6.07, 6.45) is 1.33. The standard InChI is InChI=1S/C19H19Cl2N3O2/c1-2-18(25)24-8-7-12-3-4-14(9-13(12)11-24)22-19(26)23-15-5-6-16(20)17(21)10-15/h3-6,9-10H,2,7-8,11H2,1H3,(H2,22,23,26). The van der Waals surface area contributed by atoms with Crippen LogP contribution in [0.5, 0.6) is 0 Å². The van der Waals surface area contributed by atoms with Gasteiger partial charge in [0.1, 0.15) is 0 Å². The Morgan fingerprint density at radius 2 is 1.69 bits per heavy atom. The van der Waals surface area contributed by atoms with Crippen LogP contribution in [-0.2, 0) is 17.8 Å². The minimum atomic E-state index is -0.374. The van der Waals surface area contributed by atoms with E-state index in [0.29, 0.717) is 34.4 Å². The van der Waals surface area contributed by atoms with Gasteiger partial charge in [0.25, 0.3) is 0 Å². The molecule has 0 aliphatic carbocycles. The number of nitrogens with one attached hydrogen (secondary N) is 2. The van der Waals surface area contributed by atoms with E-state index >= 15 is 0 Å². The van der Waals surface area contributed by atoms with Crippen LogP contribution in [0.2, 0.25) is 10.0 Å². The molecule has 0 radical (unpaired) electrons. The second-order valence-electron chi connectivity index (χ2n) is 6.11. The molecule has 7 heteroatoms. The number of fused-ring (bicyclic) bond motifs is 1. The highest BCUT2D eigenvalue weighted by atomic mass is 35.5. The lowest BCUT2D eigenvalue weighted by atomic mass is 9.99. The molecule has 0 saturated carbocycles. The molecule has 0 unspecified atom stereocenters.